The fraction of sp³-hybridized carbons (Fsp3) is 0.385. The van der Waals surface area contributed by atoms with Crippen molar-refractivity contribution in [3.8, 4) is 0 Å². The van der Waals surface area contributed by atoms with E-state index in [-0.39, 0.29) is 5.54 Å². The molecule has 1 aromatic heterocycles. The Morgan fingerprint density at radius 3 is 3.00 bits per heavy atom. The summed E-state index contributed by atoms with van der Waals surface area (Å²) in [7, 11) is 0. The van der Waals surface area contributed by atoms with Crippen molar-refractivity contribution in [3.05, 3.63) is 35.0 Å². The number of nitrogens with one attached hydrogen (secondary N) is 2. The van der Waals surface area contributed by atoms with E-state index in [2.05, 4.69) is 35.4 Å². The van der Waals surface area contributed by atoms with Gasteiger partial charge in [0.2, 0.25) is 0 Å². The van der Waals surface area contributed by atoms with Crippen LogP contribution < -0.4 is 5.32 Å². The van der Waals surface area contributed by atoms with Gasteiger partial charge < -0.3 is 10.3 Å². The summed E-state index contributed by atoms with van der Waals surface area (Å²) in [5.74, 6) is 0. The molecule has 0 radical (unpaired) electrons. The maximum Gasteiger partial charge on any atom is 0.0659 e. The molecule has 16 heavy (non-hydrogen) atoms. The molecule has 3 heteroatoms. The minimum atomic E-state index is 0.131. The molecular formula is C13H15ClN2. The third-order valence-electron chi connectivity index (χ3n) is 3.64. The van der Waals surface area contributed by atoms with Gasteiger partial charge in [0.15, 0.2) is 0 Å². The van der Waals surface area contributed by atoms with Crippen molar-refractivity contribution in [2.45, 2.75) is 25.3 Å². The lowest BCUT2D eigenvalue weighted by atomic mass is 9.90. The third-order valence-corrected chi connectivity index (χ3v) is 3.95. The molecule has 1 aromatic carbocycles. The van der Waals surface area contributed by atoms with E-state index in [4.69, 9.17) is 11.6 Å². The Kier molecular flexibility index (Phi) is 2.23. The van der Waals surface area contributed by atoms with E-state index in [0.717, 1.165) is 22.5 Å². The Bertz CT molecular complexity index is 524. The second-order valence-electron chi connectivity index (χ2n) is 4.76. The number of fused-ring (bicyclic) bond motifs is 1. The number of rotatable bonds is 1. The molecule has 3 rings (SSSR count). The van der Waals surface area contributed by atoms with E-state index in [1.54, 1.807) is 0 Å². The standard InChI is InChI=1S/C13H15ClN2/c1-13(5-2-6-16-13)9-3-4-10-11(14)8-15-12(10)7-9/h3-4,7-8,15-16H,2,5-6H2,1H3. The van der Waals surface area contributed by atoms with Crippen LogP contribution in [0.1, 0.15) is 25.3 Å². The molecule has 84 valence electrons. The number of aromatic nitrogens is 1. The number of aromatic amines is 1. The average Bonchev–Trinajstić information content (AvgIpc) is 2.87. The molecule has 1 saturated heterocycles. The van der Waals surface area contributed by atoms with Crippen LogP contribution in [0.3, 0.4) is 0 Å². The lowest BCUT2D eigenvalue weighted by Crippen LogP contribution is -2.32. The largest absolute Gasteiger partial charge is 0.360 e. The molecule has 1 fully saturated rings. The Morgan fingerprint density at radius 2 is 2.25 bits per heavy atom. The summed E-state index contributed by atoms with van der Waals surface area (Å²) in [5, 5.41) is 5.47. The minimum Gasteiger partial charge on any atom is -0.360 e. The fourth-order valence-electron chi connectivity index (χ4n) is 2.58. The number of halogens is 1. The predicted octanol–water partition coefficient (Wildman–Crippen LogP) is 3.42. The van der Waals surface area contributed by atoms with Crippen LogP contribution in [0.5, 0.6) is 0 Å². The van der Waals surface area contributed by atoms with Crippen LogP contribution in [0, 0.1) is 0 Å². The molecule has 0 amide bonds. The molecule has 0 aliphatic carbocycles. The maximum absolute atomic E-state index is 6.07. The van der Waals surface area contributed by atoms with Gasteiger partial charge in [0.05, 0.1) is 5.02 Å². The Hall–Kier alpha value is -0.990. The summed E-state index contributed by atoms with van der Waals surface area (Å²) in [6.07, 6.45) is 4.30. The lowest BCUT2D eigenvalue weighted by molar-refractivity contribution is 0.435. The van der Waals surface area contributed by atoms with Crippen LogP contribution in [0.25, 0.3) is 10.9 Å². The zero-order valence-electron chi connectivity index (χ0n) is 9.31. The smallest absolute Gasteiger partial charge is 0.0659 e. The van der Waals surface area contributed by atoms with Gasteiger partial charge in [0.1, 0.15) is 0 Å². The van der Waals surface area contributed by atoms with Crippen LogP contribution in [0.2, 0.25) is 5.02 Å². The molecule has 1 atom stereocenters. The van der Waals surface area contributed by atoms with Gasteiger partial charge in [-0.3, -0.25) is 0 Å². The van der Waals surface area contributed by atoms with E-state index >= 15 is 0 Å². The summed E-state index contributed by atoms with van der Waals surface area (Å²) in [5.41, 5.74) is 2.60. The van der Waals surface area contributed by atoms with Gasteiger partial charge in [-0.1, -0.05) is 23.7 Å². The topological polar surface area (TPSA) is 27.8 Å². The highest BCUT2D eigenvalue weighted by molar-refractivity contribution is 6.35. The van der Waals surface area contributed by atoms with Gasteiger partial charge in [-0.2, -0.15) is 0 Å². The molecule has 0 spiro atoms. The fourth-order valence-corrected chi connectivity index (χ4v) is 2.79. The van der Waals surface area contributed by atoms with E-state index in [1.165, 1.54) is 18.4 Å². The van der Waals surface area contributed by atoms with Crippen molar-refractivity contribution in [1.29, 1.82) is 0 Å². The van der Waals surface area contributed by atoms with Gasteiger partial charge in [0, 0.05) is 22.6 Å². The van der Waals surface area contributed by atoms with E-state index < -0.39 is 0 Å². The first-order valence-electron chi connectivity index (χ1n) is 5.71. The van der Waals surface area contributed by atoms with Gasteiger partial charge in [-0.25, -0.2) is 0 Å². The van der Waals surface area contributed by atoms with E-state index in [1.807, 2.05) is 6.20 Å². The van der Waals surface area contributed by atoms with Crippen molar-refractivity contribution in [3.63, 3.8) is 0 Å². The highest BCUT2D eigenvalue weighted by atomic mass is 35.5. The zero-order valence-corrected chi connectivity index (χ0v) is 10.1. The Balaban J connectivity index is 2.11. The van der Waals surface area contributed by atoms with Crippen molar-refractivity contribution in [2.24, 2.45) is 0 Å². The van der Waals surface area contributed by atoms with Crippen molar-refractivity contribution < 1.29 is 0 Å². The monoisotopic (exact) mass is 234 g/mol. The lowest BCUT2D eigenvalue weighted by Gasteiger charge is -2.25. The minimum absolute atomic E-state index is 0.131. The van der Waals surface area contributed by atoms with Crippen molar-refractivity contribution >= 4 is 22.5 Å². The normalized spacial score (nSPS) is 25.4. The predicted molar refractivity (Wildman–Crippen MR) is 67.9 cm³/mol. The highest BCUT2D eigenvalue weighted by Gasteiger charge is 2.29. The molecule has 2 nitrogen and oxygen atoms in total. The Labute approximate surface area is 100.0 Å². The summed E-state index contributed by atoms with van der Waals surface area (Å²) >= 11 is 6.07. The van der Waals surface area contributed by atoms with Crippen molar-refractivity contribution in [1.82, 2.24) is 10.3 Å². The molecule has 1 aliphatic heterocycles. The second kappa shape index (κ2) is 3.51. The molecule has 1 unspecified atom stereocenters. The quantitative estimate of drug-likeness (QED) is 0.778. The molecular weight excluding hydrogens is 220 g/mol. The first kappa shape index (κ1) is 10.2. The summed E-state index contributed by atoms with van der Waals surface area (Å²) < 4.78 is 0. The first-order valence-corrected chi connectivity index (χ1v) is 6.09. The van der Waals surface area contributed by atoms with E-state index in [0.29, 0.717) is 0 Å². The van der Waals surface area contributed by atoms with Crippen LogP contribution >= 0.6 is 11.6 Å². The van der Waals surface area contributed by atoms with Gasteiger partial charge in [0.25, 0.3) is 0 Å². The molecule has 2 N–H and O–H groups in total. The van der Waals surface area contributed by atoms with E-state index in [9.17, 15) is 0 Å². The number of benzene rings is 1. The molecule has 2 aromatic rings. The highest BCUT2D eigenvalue weighted by Crippen LogP contribution is 2.33. The number of hydrogen-bond acceptors (Lipinski definition) is 1. The summed E-state index contributed by atoms with van der Waals surface area (Å²) in [6.45, 7) is 3.38. The van der Waals surface area contributed by atoms with Crippen LogP contribution in [-0.4, -0.2) is 11.5 Å². The molecule has 1 aliphatic rings. The number of H-pyrrole nitrogens is 1. The molecule has 0 bridgehead atoms. The van der Waals surface area contributed by atoms with Gasteiger partial charge in [-0.15, -0.1) is 0 Å². The first-order chi connectivity index (χ1) is 7.69. The second-order valence-corrected chi connectivity index (χ2v) is 5.17. The Morgan fingerprint density at radius 1 is 1.38 bits per heavy atom. The SMILES string of the molecule is CC1(c2ccc3c(Cl)c[nH]c3c2)CCCN1. The molecule has 2 heterocycles. The van der Waals surface area contributed by atoms with Crippen LogP contribution in [-0.2, 0) is 5.54 Å². The molecule has 0 saturated carbocycles. The maximum atomic E-state index is 6.07. The van der Waals surface area contributed by atoms with Crippen molar-refractivity contribution in [2.75, 3.05) is 6.54 Å². The zero-order chi connectivity index (χ0) is 11.2. The van der Waals surface area contributed by atoms with Crippen LogP contribution in [0.4, 0.5) is 0 Å². The number of hydrogen-bond donors (Lipinski definition) is 2. The van der Waals surface area contributed by atoms with Gasteiger partial charge >= 0.3 is 0 Å². The van der Waals surface area contributed by atoms with Gasteiger partial charge in [-0.05, 0) is 37.9 Å². The third kappa shape index (κ3) is 1.45. The summed E-state index contributed by atoms with van der Waals surface area (Å²) in [6, 6.07) is 6.49. The van der Waals surface area contributed by atoms with Crippen LogP contribution in [0.15, 0.2) is 24.4 Å². The average molecular weight is 235 g/mol. The summed E-state index contributed by atoms with van der Waals surface area (Å²) in [4.78, 5) is 3.21.